The summed E-state index contributed by atoms with van der Waals surface area (Å²) in [4.78, 5) is 23.7. The van der Waals surface area contributed by atoms with Crippen molar-refractivity contribution in [3.63, 3.8) is 0 Å². The second-order valence-corrected chi connectivity index (χ2v) is 5.37. The van der Waals surface area contributed by atoms with Gasteiger partial charge in [0.05, 0.1) is 29.2 Å². The van der Waals surface area contributed by atoms with Crippen molar-refractivity contribution in [2.24, 2.45) is 9.98 Å². The largest absolute Gasteiger partial charge is 4.00 e. The van der Waals surface area contributed by atoms with Gasteiger partial charge in [0.25, 0.3) is 0 Å². The van der Waals surface area contributed by atoms with Crippen LogP contribution in [0.4, 0.5) is 0 Å². The van der Waals surface area contributed by atoms with Crippen LogP contribution in [0.25, 0.3) is 16.9 Å². The maximum atomic E-state index is 8.69. The molecular formula is C22H19N10O4V+. The van der Waals surface area contributed by atoms with E-state index in [1.54, 1.807) is 48.8 Å². The summed E-state index contributed by atoms with van der Waals surface area (Å²) in [5.74, 6) is 2.43. The van der Waals surface area contributed by atoms with Crippen molar-refractivity contribution >= 4 is 17.4 Å². The molecular weight excluding hydrogens is 519 g/mol. The van der Waals surface area contributed by atoms with E-state index < -0.39 is 0 Å². The molecule has 0 atom stereocenters. The van der Waals surface area contributed by atoms with Crippen molar-refractivity contribution in [2.75, 3.05) is 14.2 Å². The van der Waals surface area contributed by atoms with Crippen molar-refractivity contribution < 1.29 is 39.7 Å². The third-order valence-corrected chi connectivity index (χ3v) is 3.53. The minimum Gasteiger partial charge on any atom is -2.00 e. The number of imidazole rings is 1. The average molecular weight is 538 g/mol. The Labute approximate surface area is 223 Å². The summed E-state index contributed by atoms with van der Waals surface area (Å²) in [6.45, 7) is 0. The second kappa shape index (κ2) is 20.6. The van der Waals surface area contributed by atoms with Crippen molar-refractivity contribution in [1.82, 2.24) is 19.9 Å². The first-order chi connectivity index (χ1) is 16.7. The SMILES string of the molecule is CO.CO.N#CC1=NC(c2ccccn2)=NC1=C=[N-].N#Cc1nc(-c2ccccn2)[n-]c1C#N.[O-2].[OH3+].[V+4]. The van der Waals surface area contributed by atoms with Crippen LogP contribution < -0.4 is 4.98 Å². The maximum absolute atomic E-state index is 8.69. The molecule has 1 aliphatic rings. The summed E-state index contributed by atoms with van der Waals surface area (Å²) in [6.07, 6.45) is 3.20. The Hall–Kier alpha value is -4.81. The van der Waals surface area contributed by atoms with Crippen molar-refractivity contribution in [2.45, 2.75) is 0 Å². The third-order valence-electron chi connectivity index (χ3n) is 3.53. The normalized spacial score (nSPS) is 9.70. The summed E-state index contributed by atoms with van der Waals surface area (Å²) >= 11 is 0. The van der Waals surface area contributed by atoms with E-state index in [0.717, 1.165) is 14.2 Å². The zero-order valence-corrected chi connectivity index (χ0v) is 20.8. The summed E-state index contributed by atoms with van der Waals surface area (Å²) in [5.41, 5.74) is 1.26. The first-order valence-electron chi connectivity index (χ1n) is 9.12. The van der Waals surface area contributed by atoms with Crippen LogP contribution in [0.5, 0.6) is 0 Å². The van der Waals surface area contributed by atoms with E-state index in [1.165, 1.54) is 0 Å². The summed E-state index contributed by atoms with van der Waals surface area (Å²) < 4.78 is 0. The number of aliphatic imine (C=N–C) groups is 2. The fraction of sp³-hybridized carbons (Fsp3) is 0.0909. The fourth-order valence-corrected chi connectivity index (χ4v) is 2.22. The number of nitriles is 3. The number of nitrogens with zero attached hydrogens (tertiary/aromatic N) is 10. The number of rotatable bonds is 2. The van der Waals surface area contributed by atoms with Crippen LogP contribution in [0.3, 0.4) is 0 Å². The van der Waals surface area contributed by atoms with Gasteiger partial charge < -0.3 is 36.5 Å². The molecule has 14 nitrogen and oxygen atoms in total. The molecule has 0 saturated heterocycles. The Morgan fingerprint density at radius 3 is 1.78 bits per heavy atom. The summed E-state index contributed by atoms with van der Waals surface area (Å²) in [5, 5.41) is 48.7. The second-order valence-electron chi connectivity index (χ2n) is 5.37. The van der Waals surface area contributed by atoms with E-state index in [4.69, 9.17) is 31.4 Å². The molecule has 5 N–H and O–H groups in total. The molecule has 4 rings (SSSR count). The zero-order valence-electron chi connectivity index (χ0n) is 19.4. The minimum atomic E-state index is 0. The molecule has 3 aromatic heterocycles. The van der Waals surface area contributed by atoms with E-state index in [1.807, 2.05) is 24.1 Å². The van der Waals surface area contributed by atoms with E-state index >= 15 is 0 Å². The van der Waals surface area contributed by atoms with Gasteiger partial charge in [-0.25, -0.2) is 15.9 Å². The Morgan fingerprint density at radius 2 is 1.41 bits per heavy atom. The van der Waals surface area contributed by atoms with Gasteiger partial charge in [0.2, 0.25) is 0 Å². The predicted molar refractivity (Wildman–Crippen MR) is 128 cm³/mol. The molecule has 4 heterocycles. The molecule has 0 spiro atoms. The van der Waals surface area contributed by atoms with E-state index in [9.17, 15) is 0 Å². The molecule has 0 fully saturated rings. The van der Waals surface area contributed by atoms with Crippen LogP contribution in [0.1, 0.15) is 17.1 Å². The Kier molecular flexibility index (Phi) is 20.4. The van der Waals surface area contributed by atoms with Gasteiger partial charge in [-0.15, -0.1) is 0 Å². The number of hydrogen-bond acceptors (Lipinski definition) is 10. The first kappa shape index (κ1) is 36.8. The smallest absolute Gasteiger partial charge is 2.00 e. The summed E-state index contributed by atoms with van der Waals surface area (Å²) in [6, 6.07) is 16.0. The van der Waals surface area contributed by atoms with Crippen molar-refractivity contribution in [3.8, 4) is 29.7 Å². The Morgan fingerprint density at radius 1 is 0.838 bits per heavy atom. The monoisotopic (exact) mass is 538 g/mol. The number of hydrogen-bond donors (Lipinski definition) is 2. The minimum absolute atomic E-state index is 0. The zero-order chi connectivity index (χ0) is 25.3. The van der Waals surface area contributed by atoms with E-state index in [0.29, 0.717) is 23.0 Å². The number of aromatic nitrogens is 4. The molecule has 0 aromatic carbocycles. The Bertz CT molecular complexity index is 1300. The molecule has 0 unspecified atom stereocenters. The van der Waals surface area contributed by atoms with Crippen LogP contribution in [0.2, 0.25) is 0 Å². The van der Waals surface area contributed by atoms with Gasteiger partial charge in [-0.3, -0.25) is 9.97 Å². The van der Waals surface area contributed by atoms with Gasteiger partial charge in [-0.2, -0.15) is 15.8 Å². The standard InChI is InChI=1S/2C10H4N5.2CH4O.H2O.O.V/c2*11-5-8-9(6-12)15-10(14-8)7-3-1-2-4-13-7;2*1-2;;;/h2*1-4H;2*2H,1H3;1H2;;/q2*-1;;;;-2;+4/p+1. The van der Waals surface area contributed by atoms with Gasteiger partial charge in [0.1, 0.15) is 17.5 Å². The summed E-state index contributed by atoms with van der Waals surface area (Å²) in [7, 11) is 2.00. The van der Waals surface area contributed by atoms with E-state index in [2.05, 4.69) is 29.9 Å². The van der Waals surface area contributed by atoms with Gasteiger partial charge in [0, 0.05) is 26.6 Å². The molecule has 1 radical (unpaired) electrons. The molecule has 3 aromatic rings. The average Bonchev–Trinajstić information content (AvgIpc) is 3.56. The van der Waals surface area contributed by atoms with Gasteiger partial charge in [-0.05, 0) is 30.1 Å². The Balaban J connectivity index is -0.000000514. The number of aliphatic hydroxyl groups excluding tert-OH is 2. The molecule has 15 heteroatoms. The topological polar surface area (TPSA) is 273 Å². The number of allylic oxidation sites excluding steroid dienone is 1. The van der Waals surface area contributed by atoms with Gasteiger partial charge in [-0.1, -0.05) is 12.1 Å². The fourth-order valence-electron chi connectivity index (χ4n) is 2.22. The van der Waals surface area contributed by atoms with Crippen molar-refractivity contribution in [3.05, 3.63) is 77.0 Å². The van der Waals surface area contributed by atoms with Crippen LogP contribution in [0, 0.1) is 34.0 Å². The molecule has 185 valence electrons. The van der Waals surface area contributed by atoms with E-state index in [-0.39, 0.29) is 52.3 Å². The van der Waals surface area contributed by atoms with Crippen molar-refractivity contribution in [1.29, 1.82) is 15.8 Å². The maximum Gasteiger partial charge on any atom is 4.00 e. The third kappa shape index (κ3) is 10.1. The van der Waals surface area contributed by atoms with Gasteiger partial charge in [0.15, 0.2) is 11.5 Å². The molecule has 0 saturated carbocycles. The quantitative estimate of drug-likeness (QED) is 0.326. The van der Waals surface area contributed by atoms with Crippen LogP contribution in [0.15, 0.2) is 64.5 Å². The number of pyridine rings is 2. The molecule has 0 amide bonds. The first-order valence-corrected chi connectivity index (χ1v) is 9.12. The van der Waals surface area contributed by atoms with Gasteiger partial charge >= 0.3 is 18.6 Å². The van der Waals surface area contributed by atoms with Crippen LogP contribution in [-0.4, -0.2) is 56.8 Å². The molecule has 37 heavy (non-hydrogen) atoms. The number of aliphatic hydroxyl groups is 2. The van der Waals surface area contributed by atoms with Crippen LogP contribution >= 0.6 is 0 Å². The number of amidine groups is 1. The molecule has 0 aliphatic carbocycles. The molecule has 1 aliphatic heterocycles. The molecule has 0 bridgehead atoms. The predicted octanol–water partition coefficient (Wildman–Crippen LogP) is -0.0527. The van der Waals surface area contributed by atoms with Crippen LogP contribution in [-0.2, 0) is 29.5 Å².